The second-order valence-corrected chi connectivity index (χ2v) is 5.86. The van der Waals surface area contributed by atoms with Crippen molar-refractivity contribution < 1.29 is 4.79 Å². The molecule has 1 heterocycles. The maximum atomic E-state index is 12.3. The number of carbonyl (C=O) groups is 1. The monoisotopic (exact) mass is 275 g/mol. The van der Waals surface area contributed by atoms with Crippen molar-refractivity contribution in [3.8, 4) is 0 Å². The van der Waals surface area contributed by atoms with E-state index in [4.69, 9.17) is 5.73 Å². The lowest BCUT2D eigenvalue weighted by Gasteiger charge is -2.26. The van der Waals surface area contributed by atoms with Crippen molar-refractivity contribution in [1.29, 1.82) is 0 Å². The van der Waals surface area contributed by atoms with Crippen LogP contribution in [0.3, 0.4) is 0 Å². The van der Waals surface area contributed by atoms with Crippen LogP contribution in [0.2, 0.25) is 0 Å². The van der Waals surface area contributed by atoms with Crippen LogP contribution < -0.4 is 11.1 Å². The van der Waals surface area contributed by atoms with Gasteiger partial charge in [0.1, 0.15) is 0 Å². The van der Waals surface area contributed by atoms with Crippen molar-refractivity contribution in [3.63, 3.8) is 0 Å². The molecular weight excluding hydrogens is 250 g/mol. The Hall–Kier alpha value is -1.55. The Morgan fingerprint density at radius 3 is 2.70 bits per heavy atom. The molecule has 1 aromatic rings. The molecule has 0 spiro atoms. The summed E-state index contributed by atoms with van der Waals surface area (Å²) in [5.74, 6) is 0.830. The molecule has 0 radical (unpaired) electrons. The van der Waals surface area contributed by atoms with Gasteiger partial charge in [-0.25, -0.2) is 0 Å². The lowest BCUT2D eigenvalue weighted by molar-refractivity contribution is -0.120. The number of nitrogens with two attached hydrogens (primary N) is 1. The van der Waals surface area contributed by atoms with Crippen molar-refractivity contribution >= 4 is 17.3 Å². The summed E-state index contributed by atoms with van der Waals surface area (Å²) in [6.45, 7) is 6.31. The fourth-order valence-corrected chi connectivity index (χ4v) is 2.65. The average molecular weight is 275 g/mol. The molecule has 20 heavy (non-hydrogen) atoms. The van der Waals surface area contributed by atoms with Gasteiger partial charge in [0.2, 0.25) is 5.91 Å². The average Bonchev–Trinajstić information content (AvgIpc) is 2.65. The van der Waals surface area contributed by atoms with Gasteiger partial charge in [0.05, 0.1) is 6.04 Å². The molecule has 4 nitrogen and oxygen atoms in total. The fraction of sp³-hybridized carbons (Fsp3) is 0.562. The molecule has 1 aliphatic rings. The quantitative estimate of drug-likeness (QED) is 0.834. The summed E-state index contributed by atoms with van der Waals surface area (Å²) in [5, 5.41) is 2.96. The molecule has 2 unspecified atom stereocenters. The summed E-state index contributed by atoms with van der Waals surface area (Å²) in [4.78, 5) is 14.6. The smallest absolute Gasteiger partial charge is 0.241 e. The summed E-state index contributed by atoms with van der Waals surface area (Å²) in [5.41, 5.74) is 7.15. The number of anilines is 2. The minimum atomic E-state index is -0.0853. The lowest BCUT2D eigenvalue weighted by Crippen LogP contribution is -2.42. The highest BCUT2D eigenvalue weighted by Gasteiger charge is 2.23. The molecule has 2 rings (SSSR count). The largest absolute Gasteiger partial charge is 0.399 e. The van der Waals surface area contributed by atoms with Crippen LogP contribution in [-0.4, -0.2) is 29.9 Å². The van der Waals surface area contributed by atoms with E-state index in [1.807, 2.05) is 19.1 Å². The molecule has 1 amide bonds. The van der Waals surface area contributed by atoms with Crippen LogP contribution in [0.5, 0.6) is 0 Å². The Morgan fingerprint density at radius 2 is 2.00 bits per heavy atom. The number of carbonyl (C=O) groups excluding carboxylic acids is 1. The third kappa shape index (κ3) is 3.97. The molecule has 0 saturated carbocycles. The first-order valence-corrected chi connectivity index (χ1v) is 7.46. The predicted molar refractivity (Wildman–Crippen MR) is 83.5 cm³/mol. The van der Waals surface area contributed by atoms with Gasteiger partial charge in [0.25, 0.3) is 0 Å². The molecule has 0 aliphatic carbocycles. The van der Waals surface area contributed by atoms with Gasteiger partial charge in [-0.2, -0.15) is 0 Å². The summed E-state index contributed by atoms with van der Waals surface area (Å²) >= 11 is 0. The zero-order valence-electron chi connectivity index (χ0n) is 12.4. The van der Waals surface area contributed by atoms with Crippen LogP contribution in [0.1, 0.15) is 33.1 Å². The maximum absolute atomic E-state index is 12.3. The number of hydrogen-bond donors (Lipinski definition) is 2. The van der Waals surface area contributed by atoms with Gasteiger partial charge in [0, 0.05) is 11.4 Å². The molecule has 1 aromatic carbocycles. The predicted octanol–water partition coefficient (Wildman–Crippen LogP) is 2.72. The molecule has 1 saturated heterocycles. The number of nitrogens with zero attached hydrogens (tertiary/aromatic N) is 1. The third-order valence-corrected chi connectivity index (χ3v) is 4.16. The normalized spacial score (nSPS) is 22.0. The van der Waals surface area contributed by atoms with Crippen molar-refractivity contribution in [2.75, 3.05) is 24.1 Å². The number of rotatable bonds is 3. The molecule has 0 bridgehead atoms. The molecule has 4 heteroatoms. The van der Waals surface area contributed by atoms with Gasteiger partial charge < -0.3 is 11.1 Å². The van der Waals surface area contributed by atoms with Crippen molar-refractivity contribution in [1.82, 2.24) is 4.90 Å². The zero-order chi connectivity index (χ0) is 14.5. The van der Waals surface area contributed by atoms with E-state index in [1.165, 1.54) is 19.3 Å². The molecule has 1 fully saturated rings. The highest BCUT2D eigenvalue weighted by Crippen LogP contribution is 2.19. The van der Waals surface area contributed by atoms with E-state index < -0.39 is 0 Å². The highest BCUT2D eigenvalue weighted by molar-refractivity contribution is 5.94. The Kier molecular flexibility index (Phi) is 5.01. The first-order chi connectivity index (χ1) is 9.56. The van der Waals surface area contributed by atoms with E-state index in [2.05, 4.69) is 17.1 Å². The standard InChI is InChI=1S/C16H25N3O/c1-12-4-3-10-19(11-9-12)13(2)16(20)18-15-7-5-14(17)6-8-15/h5-8,12-13H,3-4,9-11,17H2,1-2H3,(H,18,20). The number of nitrogen functional groups attached to an aromatic ring is 1. The lowest BCUT2D eigenvalue weighted by atomic mass is 10.0. The van der Waals surface area contributed by atoms with E-state index >= 15 is 0 Å². The van der Waals surface area contributed by atoms with Gasteiger partial charge in [-0.1, -0.05) is 6.92 Å². The van der Waals surface area contributed by atoms with Crippen molar-refractivity contribution in [2.45, 2.75) is 39.2 Å². The second kappa shape index (κ2) is 6.75. The van der Waals surface area contributed by atoms with Crippen LogP contribution in [0, 0.1) is 5.92 Å². The summed E-state index contributed by atoms with van der Waals surface area (Å²) in [7, 11) is 0. The number of benzene rings is 1. The first kappa shape index (κ1) is 14.9. The zero-order valence-corrected chi connectivity index (χ0v) is 12.4. The van der Waals surface area contributed by atoms with Gasteiger partial charge in [-0.05, 0) is 69.5 Å². The van der Waals surface area contributed by atoms with Gasteiger partial charge in [-0.3, -0.25) is 9.69 Å². The van der Waals surface area contributed by atoms with E-state index in [1.54, 1.807) is 12.1 Å². The van der Waals surface area contributed by atoms with Crippen LogP contribution in [0.15, 0.2) is 24.3 Å². The number of nitrogens with one attached hydrogen (secondary N) is 1. The Morgan fingerprint density at radius 1 is 1.30 bits per heavy atom. The Bertz CT molecular complexity index is 444. The van der Waals surface area contributed by atoms with Gasteiger partial charge in [0.15, 0.2) is 0 Å². The van der Waals surface area contributed by atoms with Crippen LogP contribution in [0.4, 0.5) is 11.4 Å². The highest BCUT2D eigenvalue weighted by atomic mass is 16.2. The molecule has 2 atom stereocenters. The number of likely N-dealkylation sites (tertiary alicyclic amines) is 1. The number of hydrogen-bond acceptors (Lipinski definition) is 3. The molecular formula is C16H25N3O. The van der Waals surface area contributed by atoms with Crippen LogP contribution in [0.25, 0.3) is 0 Å². The van der Waals surface area contributed by atoms with E-state index in [0.29, 0.717) is 5.69 Å². The third-order valence-electron chi connectivity index (χ3n) is 4.16. The molecule has 110 valence electrons. The molecule has 3 N–H and O–H groups in total. The Labute approximate surface area is 121 Å². The van der Waals surface area contributed by atoms with Crippen molar-refractivity contribution in [3.05, 3.63) is 24.3 Å². The molecule has 0 aromatic heterocycles. The van der Waals surface area contributed by atoms with E-state index in [0.717, 1.165) is 24.7 Å². The maximum Gasteiger partial charge on any atom is 0.241 e. The van der Waals surface area contributed by atoms with E-state index in [9.17, 15) is 4.79 Å². The van der Waals surface area contributed by atoms with Gasteiger partial charge >= 0.3 is 0 Å². The number of amides is 1. The summed E-state index contributed by atoms with van der Waals surface area (Å²) in [6, 6.07) is 7.19. The summed E-state index contributed by atoms with van der Waals surface area (Å²) < 4.78 is 0. The first-order valence-electron chi connectivity index (χ1n) is 7.46. The molecule has 1 aliphatic heterocycles. The summed E-state index contributed by atoms with van der Waals surface area (Å²) in [6.07, 6.45) is 3.63. The van der Waals surface area contributed by atoms with Crippen LogP contribution in [-0.2, 0) is 4.79 Å². The Balaban J connectivity index is 1.92. The minimum Gasteiger partial charge on any atom is -0.399 e. The fourth-order valence-electron chi connectivity index (χ4n) is 2.65. The van der Waals surface area contributed by atoms with E-state index in [-0.39, 0.29) is 11.9 Å². The van der Waals surface area contributed by atoms with Gasteiger partial charge in [-0.15, -0.1) is 0 Å². The minimum absolute atomic E-state index is 0.0596. The van der Waals surface area contributed by atoms with Crippen LogP contribution >= 0.6 is 0 Å². The topological polar surface area (TPSA) is 58.4 Å². The van der Waals surface area contributed by atoms with Crippen molar-refractivity contribution in [2.24, 2.45) is 5.92 Å². The SMILES string of the molecule is CC1CCCN(C(C)C(=O)Nc2ccc(N)cc2)CC1. The second-order valence-electron chi connectivity index (χ2n) is 5.86.